The fraction of sp³-hybridized carbons (Fsp3) is 0.182. The molecule has 0 radical (unpaired) electrons. The molecule has 0 spiro atoms. The van der Waals surface area contributed by atoms with Crippen molar-refractivity contribution in [1.82, 2.24) is 0 Å². The SMILES string of the molecule is CCOC(=O)C(C#N)C(c1c(Cl)cccc1Cl)c1cccc2ccccc12. The van der Waals surface area contributed by atoms with Crippen LogP contribution < -0.4 is 0 Å². The van der Waals surface area contributed by atoms with Gasteiger partial charge in [-0.1, -0.05) is 71.7 Å². The third-order valence-corrected chi connectivity index (χ3v) is 5.14. The Hall–Kier alpha value is -2.54. The average Bonchev–Trinajstić information content (AvgIpc) is 2.67. The predicted octanol–water partition coefficient (Wildman–Crippen LogP) is 5.98. The zero-order valence-electron chi connectivity index (χ0n) is 14.7. The van der Waals surface area contributed by atoms with Gasteiger partial charge in [0.05, 0.1) is 12.7 Å². The van der Waals surface area contributed by atoms with Gasteiger partial charge in [-0.05, 0) is 41.0 Å². The Morgan fingerprint density at radius 3 is 2.33 bits per heavy atom. The van der Waals surface area contributed by atoms with Gasteiger partial charge >= 0.3 is 5.97 Å². The molecule has 0 aliphatic rings. The Labute approximate surface area is 168 Å². The molecule has 0 bridgehead atoms. The molecule has 0 aliphatic carbocycles. The topological polar surface area (TPSA) is 50.1 Å². The molecule has 0 heterocycles. The molecule has 0 saturated heterocycles. The predicted molar refractivity (Wildman–Crippen MR) is 108 cm³/mol. The number of fused-ring (bicyclic) bond motifs is 1. The number of hydrogen-bond acceptors (Lipinski definition) is 3. The first-order chi connectivity index (χ1) is 13.1. The van der Waals surface area contributed by atoms with E-state index in [-0.39, 0.29) is 6.61 Å². The average molecular weight is 398 g/mol. The van der Waals surface area contributed by atoms with E-state index in [1.165, 1.54) is 0 Å². The van der Waals surface area contributed by atoms with Gasteiger partial charge in [-0.3, -0.25) is 4.79 Å². The van der Waals surface area contributed by atoms with Crippen molar-refractivity contribution in [3.63, 3.8) is 0 Å². The van der Waals surface area contributed by atoms with Gasteiger partial charge in [0.25, 0.3) is 0 Å². The summed E-state index contributed by atoms with van der Waals surface area (Å²) in [5.41, 5.74) is 1.36. The normalized spacial score (nSPS) is 13.0. The number of carbonyl (C=O) groups is 1. The molecule has 3 aromatic carbocycles. The summed E-state index contributed by atoms with van der Waals surface area (Å²) in [5.74, 6) is -2.32. The summed E-state index contributed by atoms with van der Waals surface area (Å²) in [5, 5.41) is 12.6. The Morgan fingerprint density at radius 2 is 1.67 bits per heavy atom. The van der Waals surface area contributed by atoms with Crippen molar-refractivity contribution in [3.8, 4) is 6.07 Å². The summed E-state index contributed by atoms with van der Waals surface area (Å²) in [6.45, 7) is 1.90. The maximum absolute atomic E-state index is 12.6. The zero-order valence-corrected chi connectivity index (χ0v) is 16.2. The largest absolute Gasteiger partial charge is 0.465 e. The van der Waals surface area contributed by atoms with Crippen LogP contribution in [-0.4, -0.2) is 12.6 Å². The zero-order chi connectivity index (χ0) is 19.4. The van der Waals surface area contributed by atoms with E-state index in [1.54, 1.807) is 25.1 Å². The third kappa shape index (κ3) is 3.78. The van der Waals surface area contributed by atoms with E-state index >= 15 is 0 Å². The van der Waals surface area contributed by atoms with Gasteiger partial charge in [0.1, 0.15) is 0 Å². The Kier molecular flexibility index (Phi) is 6.01. The molecule has 2 unspecified atom stereocenters. The molecule has 0 amide bonds. The summed E-state index contributed by atoms with van der Waals surface area (Å²) in [4.78, 5) is 12.6. The highest BCUT2D eigenvalue weighted by atomic mass is 35.5. The van der Waals surface area contributed by atoms with Crippen LogP contribution in [0.1, 0.15) is 24.0 Å². The van der Waals surface area contributed by atoms with Crippen molar-refractivity contribution >= 4 is 39.9 Å². The molecule has 3 rings (SSSR count). The molecule has 0 saturated carbocycles. The molecule has 3 aromatic rings. The standard InChI is InChI=1S/C22H17Cl2NO2/c1-2-27-22(26)17(13-25)20(21-18(23)11-6-12-19(21)24)16-10-5-8-14-7-3-4-9-15(14)16/h3-12,17,20H,2H2,1H3. The lowest BCUT2D eigenvalue weighted by Crippen LogP contribution is -2.25. The van der Waals surface area contributed by atoms with Crippen molar-refractivity contribution in [3.05, 3.63) is 81.8 Å². The summed E-state index contributed by atoms with van der Waals surface area (Å²) in [6, 6.07) is 20.8. The van der Waals surface area contributed by atoms with Gasteiger partial charge in [-0.15, -0.1) is 0 Å². The van der Waals surface area contributed by atoms with Crippen molar-refractivity contribution in [2.24, 2.45) is 5.92 Å². The molecule has 2 atom stereocenters. The van der Waals surface area contributed by atoms with Crippen LogP contribution >= 0.6 is 23.2 Å². The summed E-state index contributed by atoms with van der Waals surface area (Å²) < 4.78 is 5.16. The second kappa shape index (κ2) is 8.43. The van der Waals surface area contributed by atoms with Gasteiger partial charge in [0, 0.05) is 16.0 Å². The molecular formula is C22H17Cl2NO2. The first-order valence-electron chi connectivity index (χ1n) is 8.56. The van der Waals surface area contributed by atoms with Gasteiger partial charge in [0.15, 0.2) is 5.92 Å². The van der Waals surface area contributed by atoms with E-state index in [0.29, 0.717) is 15.6 Å². The van der Waals surface area contributed by atoms with Crippen molar-refractivity contribution in [2.75, 3.05) is 6.61 Å². The van der Waals surface area contributed by atoms with Crippen molar-refractivity contribution in [1.29, 1.82) is 5.26 Å². The number of nitriles is 1. The molecule has 3 nitrogen and oxygen atoms in total. The minimum Gasteiger partial charge on any atom is -0.465 e. The first kappa shape index (κ1) is 19.2. The number of nitrogens with zero attached hydrogens (tertiary/aromatic N) is 1. The minimum atomic E-state index is -1.08. The molecular weight excluding hydrogens is 381 g/mol. The third-order valence-electron chi connectivity index (χ3n) is 4.48. The number of ether oxygens (including phenoxy) is 1. The highest BCUT2D eigenvalue weighted by Gasteiger charge is 2.35. The maximum Gasteiger partial charge on any atom is 0.324 e. The molecule has 0 fully saturated rings. The van der Waals surface area contributed by atoms with E-state index in [9.17, 15) is 10.1 Å². The summed E-state index contributed by atoms with van der Waals surface area (Å²) in [6.07, 6.45) is 0. The number of halogens is 2. The van der Waals surface area contributed by atoms with E-state index in [2.05, 4.69) is 6.07 Å². The quantitative estimate of drug-likeness (QED) is 0.497. The fourth-order valence-electron chi connectivity index (χ4n) is 3.33. The van der Waals surface area contributed by atoms with E-state index < -0.39 is 17.8 Å². The highest BCUT2D eigenvalue weighted by Crippen LogP contribution is 2.42. The van der Waals surface area contributed by atoms with Crippen LogP contribution in [0.5, 0.6) is 0 Å². The molecule has 0 aromatic heterocycles. The second-order valence-corrected chi connectivity index (χ2v) is 6.85. The van der Waals surface area contributed by atoms with E-state index in [4.69, 9.17) is 27.9 Å². The summed E-state index contributed by atoms with van der Waals surface area (Å²) in [7, 11) is 0. The van der Waals surface area contributed by atoms with Crippen molar-refractivity contribution in [2.45, 2.75) is 12.8 Å². The smallest absolute Gasteiger partial charge is 0.324 e. The number of hydrogen-bond donors (Lipinski definition) is 0. The molecule has 0 N–H and O–H groups in total. The van der Waals surface area contributed by atoms with Crippen LogP contribution in [0.25, 0.3) is 10.8 Å². The number of rotatable bonds is 5. The highest BCUT2D eigenvalue weighted by molar-refractivity contribution is 6.36. The van der Waals surface area contributed by atoms with E-state index in [1.807, 2.05) is 42.5 Å². The van der Waals surface area contributed by atoms with Crippen LogP contribution in [0.3, 0.4) is 0 Å². The van der Waals surface area contributed by atoms with Crippen LogP contribution in [0.15, 0.2) is 60.7 Å². The van der Waals surface area contributed by atoms with Gasteiger partial charge in [-0.25, -0.2) is 0 Å². The van der Waals surface area contributed by atoms with Crippen molar-refractivity contribution < 1.29 is 9.53 Å². The molecule has 5 heteroatoms. The number of esters is 1. The van der Waals surface area contributed by atoms with Gasteiger partial charge in [0.2, 0.25) is 0 Å². The van der Waals surface area contributed by atoms with Gasteiger partial charge in [-0.2, -0.15) is 5.26 Å². The Bertz CT molecular complexity index is 1000. The maximum atomic E-state index is 12.6. The first-order valence-corrected chi connectivity index (χ1v) is 9.31. The number of benzene rings is 3. The van der Waals surface area contributed by atoms with Gasteiger partial charge < -0.3 is 4.74 Å². The second-order valence-electron chi connectivity index (χ2n) is 6.04. The summed E-state index contributed by atoms with van der Waals surface area (Å²) >= 11 is 12.9. The lowest BCUT2D eigenvalue weighted by molar-refractivity contribution is -0.146. The Morgan fingerprint density at radius 1 is 1.04 bits per heavy atom. The van der Waals surface area contributed by atoms with Crippen LogP contribution in [-0.2, 0) is 9.53 Å². The monoisotopic (exact) mass is 397 g/mol. The van der Waals surface area contributed by atoms with Crippen LogP contribution in [0.4, 0.5) is 0 Å². The van der Waals surface area contributed by atoms with Crippen LogP contribution in [0.2, 0.25) is 10.0 Å². The molecule has 0 aliphatic heterocycles. The number of carbonyl (C=O) groups excluding carboxylic acids is 1. The van der Waals surface area contributed by atoms with Crippen LogP contribution in [0, 0.1) is 17.2 Å². The lowest BCUT2D eigenvalue weighted by atomic mass is 9.79. The molecule has 27 heavy (non-hydrogen) atoms. The lowest BCUT2D eigenvalue weighted by Gasteiger charge is -2.25. The minimum absolute atomic E-state index is 0.190. The van der Waals surface area contributed by atoms with E-state index in [0.717, 1.165) is 16.3 Å². The fourth-order valence-corrected chi connectivity index (χ4v) is 3.96. The Balaban J connectivity index is 2.31. The molecule has 136 valence electrons.